The van der Waals surface area contributed by atoms with Crippen molar-refractivity contribution in [3.05, 3.63) is 58.7 Å². The van der Waals surface area contributed by atoms with Gasteiger partial charge in [0.05, 0.1) is 23.7 Å². The number of halogens is 1. The highest BCUT2D eigenvalue weighted by atomic mass is 35.5. The first-order chi connectivity index (χ1) is 15.0. The molecule has 4 rings (SSSR count). The molecule has 2 heterocycles. The summed E-state index contributed by atoms with van der Waals surface area (Å²) in [5.41, 5.74) is 3.43. The minimum atomic E-state index is -0.251. The molecule has 1 saturated heterocycles. The Hall–Kier alpha value is -3.01. The van der Waals surface area contributed by atoms with Crippen LogP contribution in [0.2, 0.25) is 5.02 Å². The van der Waals surface area contributed by atoms with Crippen LogP contribution in [0.4, 0.5) is 5.69 Å². The first-order valence-electron chi connectivity index (χ1n) is 10.4. The van der Waals surface area contributed by atoms with Crippen molar-refractivity contribution in [1.82, 2.24) is 9.88 Å². The number of rotatable bonds is 5. The van der Waals surface area contributed by atoms with Gasteiger partial charge in [0.1, 0.15) is 11.8 Å². The molecule has 1 aliphatic rings. The molecule has 1 atom stereocenters. The van der Waals surface area contributed by atoms with E-state index in [1.165, 1.54) is 10.9 Å². The first kappa shape index (κ1) is 21.2. The number of piperidine rings is 1. The van der Waals surface area contributed by atoms with E-state index in [4.69, 9.17) is 21.6 Å². The van der Waals surface area contributed by atoms with Crippen molar-refractivity contribution in [1.29, 1.82) is 5.26 Å². The van der Waals surface area contributed by atoms with Gasteiger partial charge in [0.25, 0.3) is 0 Å². The quantitative estimate of drug-likeness (QED) is 0.595. The first-order valence-corrected chi connectivity index (χ1v) is 10.8. The molecule has 3 aromatic rings. The molecular formula is C24H25ClN4O2. The second-order valence-electron chi connectivity index (χ2n) is 7.94. The average molecular weight is 437 g/mol. The van der Waals surface area contributed by atoms with Crippen LogP contribution in [-0.2, 0) is 4.79 Å². The Kier molecular flexibility index (Phi) is 6.17. The summed E-state index contributed by atoms with van der Waals surface area (Å²) in [6.07, 6.45) is 4.09. The van der Waals surface area contributed by atoms with Crippen molar-refractivity contribution in [2.24, 2.45) is 0 Å². The number of hydrogen-bond acceptors (Lipinski definition) is 4. The second kappa shape index (κ2) is 9.01. The van der Waals surface area contributed by atoms with Crippen LogP contribution in [0.3, 0.4) is 0 Å². The molecule has 0 radical (unpaired) electrons. The number of nitriles is 1. The molecule has 6 nitrogen and oxygen atoms in total. The summed E-state index contributed by atoms with van der Waals surface area (Å²) in [4.78, 5) is 18.3. The Morgan fingerprint density at radius 3 is 2.74 bits per heavy atom. The summed E-state index contributed by atoms with van der Waals surface area (Å²) >= 11 is 6.07. The van der Waals surface area contributed by atoms with E-state index in [2.05, 4.69) is 33.5 Å². The van der Waals surface area contributed by atoms with Crippen molar-refractivity contribution < 1.29 is 9.53 Å². The number of amides is 1. The third kappa shape index (κ3) is 4.39. The lowest BCUT2D eigenvalue weighted by Crippen LogP contribution is -2.45. The predicted octanol–water partition coefficient (Wildman–Crippen LogP) is 4.91. The number of anilines is 1. The summed E-state index contributed by atoms with van der Waals surface area (Å²) in [5, 5.41) is 13.4. The van der Waals surface area contributed by atoms with E-state index in [0.29, 0.717) is 22.2 Å². The molecule has 0 saturated carbocycles. The standard InChI is InChI=1S/C24H25ClN4O2/c1-15(24(30)28-18-4-3-17(13-26)22(25)11-18)29-9-7-16(8-10-29)21-14-27-23-6-5-19(31-2)12-20(21)23/h3-6,11-12,14-16,27H,7-10H2,1-2H3,(H,28,30). The Morgan fingerprint density at radius 2 is 2.06 bits per heavy atom. The van der Waals surface area contributed by atoms with Crippen LogP contribution in [0.25, 0.3) is 10.9 Å². The Bertz CT molecular complexity index is 1140. The molecule has 2 aromatic carbocycles. The van der Waals surface area contributed by atoms with Crippen LogP contribution in [-0.4, -0.2) is 42.0 Å². The normalized spacial score (nSPS) is 16.1. The van der Waals surface area contributed by atoms with Crippen molar-refractivity contribution in [2.45, 2.75) is 31.7 Å². The van der Waals surface area contributed by atoms with Gasteiger partial charge in [-0.05, 0) is 80.7 Å². The van der Waals surface area contributed by atoms with E-state index >= 15 is 0 Å². The molecule has 0 aliphatic carbocycles. The largest absolute Gasteiger partial charge is 0.497 e. The van der Waals surface area contributed by atoms with E-state index in [0.717, 1.165) is 37.2 Å². The van der Waals surface area contributed by atoms with E-state index in [1.807, 2.05) is 19.1 Å². The number of carbonyl (C=O) groups is 1. The molecule has 1 unspecified atom stereocenters. The number of methoxy groups -OCH3 is 1. The minimum Gasteiger partial charge on any atom is -0.497 e. The molecule has 160 valence electrons. The maximum absolute atomic E-state index is 12.8. The molecule has 0 spiro atoms. The number of fused-ring (bicyclic) bond motifs is 1. The maximum Gasteiger partial charge on any atom is 0.241 e. The summed E-state index contributed by atoms with van der Waals surface area (Å²) in [6, 6.07) is 12.8. The van der Waals surface area contributed by atoms with Gasteiger partial charge in [-0.15, -0.1) is 0 Å². The topological polar surface area (TPSA) is 81.2 Å². The lowest BCUT2D eigenvalue weighted by Gasteiger charge is -2.35. The van der Waals surface area contributed by atoms with Crippen LogP contribution in [0.1, 0.15) is 36.8 Å². The van der Waals surface area contributed by atoms with E-state index in [1.54, 1.807) is 25.3 Å². The lowest BCUT2D eigenvalue weighted by atomic mass is 9.88. The fraction of sp³-hybridized carbons (Fsp3) is 0.333. The number of H-pyrrole nitrogens is 1. The van der Waals surface area contributed by atoms with Gasteiger partial charge in [-0.2, -0.15) is 5.26 Å². The molecule has 1 aliphatic heterocycles. The SMILES string of the molecule is COc1ccc2[nH]cc(C3CCN(C(C)C(=O)Nc4ccc(C#N)c(Cl)c4)CC3)c2c1. The molecular weight excluding hydrogens is 412 g/mol. The highest BCUT2D eigenvalue weighted by Crippen LogP contribution is 2.35. The number of benzene rings is 2. The molecule has 31 heavy (non-hydrogen) atoms. The molecule has 1 fully saturated rings. The zero-order valence-electron chi connectivity index (χ0n) is 17.6. The highest BCUT2D eigenvalue weighted by molar-refractivity contribution is 6.32. The molecule has 1 aromatic heterocycles. The summed E-state index contributed by atoms with van der Waals surface area (Å²) in [7, 11) is 1.68. The van der Waals surface area contributed by atoms with Gasteiger partial charge in [0.2, 0.25) is 5.91 Å². The van der Waals surface area contributed by atoms with Crippen LogP contribution < -0.4 is 10.1 Å². The Balaban J connectivity index is 1.39. The van der Waals surface area contributed by atoms with Gasteiger partial charge in [-0.1, -0.05) is 11.6 Å². The molecule has 7 heteroatoms. The van der Waals surface area contributed by atoms with Crippen molar-refractivity contribution in [2.75, 3.05) is 25.5 Å². The van der Waals surface area contributed by atoms with Gasteiger partial charge >= 0.3 is 0 Å². The number of hydrogen-bond donors (Lipinski definition) is 2. The van der Waals surface area contributed by atoms with Crippen molar-refractivity contribution in [3.8, 4) is 11.8 Å². The van der Waals surface area contributed by atoms with Crippen molar-refractivity contribution in [3.63, 3.8) is 0 Å². The maximum atomic E-state index is 12.8. The zero-order valence-corrected chi connectivity index (χ0v) is 18.4. The zero-order chi connectivity index (χ0) is 22.0. The molecule has 1 amide bonds. The third-order valence-corrected chi connectivity index (χ3v) is 6.49. The predicted molar refractivity (Wildman–Crippen MR) is 123 cm³/mol. The van der Waals surface area contributed by atoms with Crippen molar-refractivity contribution >= 4 is 34.1 Å². The van der Waals surface area contributed by atoms with Gasteiger partial charge in [0.15, 0.2) is 0 Å². The van der Waals surface area contributed by atoms with Crippen LogP contribution >= 0.6 is 11.6 Å². The monoisotopic (exact) mass is 436 g/mol. The van der Waals surface area contributed by atoms with Gasteiger partial charge in [0, 0.05) is 22.8 Å². The fourth-order valence-electron chi connectivity index (χ4n) is 4.28. The van der Waals surface area contributed by atoms with Crippen LogP contribution in [0.5, 0.6) is 5.75 Å². The smallest absolute Gasteiger partial charge is 0.241 e. The fourth-order valence-corrected chi connectivity index (χ4v) is 4.50. The van der Waals surface area contributed by atoms with Gasteiger partial charge in [-0.3, -0.25) is 9.69 Å². The van der Waals surface area contributed by atoms with E-state index < -0.39 is 0 Å². The molecule has 0 bridgehead atoms. The van der Waals surface area contributed by atoms with Crippen LogP contribution in [0.15, 0.2) is 42.6 Å². The van der Waals surface area contributed by atoms with Gasteiger partial charge in [-0.25, -0.2) is 0 Å². The Morgan fingerprint density at radius 1 is 1.29 bits per heavy atom. The van der Waals surface area contributed by atoms with E-state index in [9.17, 15) is 4.79 Å². The Labute approximate surface area is 186 Å². The lowest BCUT2D eigenvalue weighted by molar-refractivity contribution is -0.121. The highest BCUT2D eigenvalue weighted by Gasteiger charge is 2.28. The van der Waals surface area contributed by atoms with Gasteiger partial charge < -0.3 is 15.0 Å². The number of aromatic amines is 1. The van der Waals surface area contributed by atoms with Crippen LogP contribution in [0, 0.1) is 11.3 Å². The number of nitrogens with zero attached hydrogens (tertiary/aromatic N) is 2. The second-order valence-corrected chi connectivity index (χ2v) is 8.34. The number of aromatic nitrogens is 1. The summed E-state index contributed by atoms with van der Waals surface area (Å²) in [6.45, 7) is 3.63. The number of likely N-dealkylation sites (tertiary alicyclic amines) is 1. The number of carbonyl (C=O) groups excluding carboxylic acids is 1. The third-order valence-electron chi connectivity index (χ3n) is 6.17. The number of nitrogens with one attached hydrogen (secondary N) is 2. The van der Waals surface area contributed by atoms with E-state index in [-0.39, 0.29) is 11.9 Å². The average Bonchev–Trinajstić information content (AvgIpc) is 3.22. The molecule has 2 N–H and O–H groups in total. The summed E-state index contributed by atoms with van der Waals surface area (Å²) < 4.78 is 5.39. The number of ether oxygens (including phenoxy) is 1. The summed E-state index contributed by atoms with van der Waals surface area (Å²) in [5.74, 6) is 1.24. The minimum absolute atomic E-state index is 0.0731.